The highest BCUT2D eigenvalue weighted by Gasteiger charge is 2.43. The van der Waals surface area contributed by atoms with Gasteiger partial charge in [-0.15, -0.1) is 0 Å². The molecule has 0 bridgehead atoms. The lowest BCUT2D eigenvalue weighted by molar-refractivity contribution is -0.144. The van der Waals surface area contributed by atoms with Crippen molar-refractivity contribution in [2.24, 2.45) is 0 Å². The van der Waals surface area contributed by atoms with E-state index in [4.69, 9.17) is 23.2 Å². The first-order chi connectivity index (χ1) is 10.4. The predicted molar refractivity (Wildman–Crippen MR) is 84.6 cm³/mol. The van der Waals surface area contributed by atoms with E-state index in [9.17, 15) is 14.7 Å². The Labute approximate surface area is 136 Å². The molecule has 0 atom stereocenters. The second kappa shape index (κ2) is 5.48. The number of H-pyrrole nitrogens is 1. The molecule has 0 saturated heterocycles. The van der Waals surface area contributed by atoms with Crippen molar-refractivity contribution < 1.29 is 14.7 Å². The third-order valence-corrected chi connectivity index (χ3v) is 4.77. The summed E-state index contributed by atoms with van der Waals surface area (Å²) in [5.74, 6) is -1.52. The standard InChI is InChI=1S/C15H14Cl2N2O3/c16-8-3-4-10-9(7-8)11(17)12(18-10)13(20)19-15(14(21)22)5-1-2-6-15/h3-4,7,18H,1-2,5-6H2,(H,19,20)(H,21,22). The van der Waals surface area contributed by atoms with Crippen molar-refractivity contribution in [2.75, 3.05) is 0 Å². The average Bonchev–Trinajstić information content (AvgIpc) is 3.06. The SMILES string of the molecule is O=C(NC1(C(=O)O)CCCC1)c1[nH]c2ccc(Cl)cc2c1Cl. The molecule has 116 valence electrons. The summed E-state index contributed by atoms with van der Waals surface area (Å²) in [6.45, 7) is 0. The molecule has 0 spiro atoms. The molecule has 1 fully saturated rings. The first-order valence-electron chi connectivity index (χ1n) is 6.95. The van der Waals surface area contributed by atoms with E-state index in [-0.39, 0.29) is 10.7 Å². The number of carbonyl (C=O) groups is 2. The third-order valence-electron chi connectivity index (χ3n) is 4.14. The number of carbonyl (C=O) groups excluding carboxylic acids is 1. The quantitative estimate of drug-likeness (QED) is 0.798. The molecule has 3 rings (SSSR count). The lowest BCUT2D eigenvalue weighted by Crippen LogP contribution is -2.52. The van der Waals surface area contributed by atoms with Crippen molar-refractivity contribution in [3.63, 3.8) is 0 Å². The monoisotopic (exact) mass is 340 g/mol. The van der Waals surface area contributed by atoms with Crippen LogP contribution in [-0.2, 0) is 4.79 Å². The number of benzene rings is 1. The summed E-state index contributed by atoms with van der Waals surface area (Å²) in [5, 5.41) is 13.5. The van der Waals surface area contributed by atoms with Gasteiger partial charge >= 0.3 is 5.97 Å². The second-order valence-electron chi connectivity index (χ2n) is 5.55. The average molecular weight is 341 g/mol. The number of hydrogen-bond donors (Lipinski definition) is 3. The molecule has 1 heterocycles. The highest BCUT2D eigenvalue weighted by atomic mass is 35.5. The number of carboxylic acid groups (broad SMARTS) is 1. The van der Waals surface area contributed by atoms with Crippen molar-refractivity contribution in [3.8, 4) is 0 Å². The predicted octanol–water partition coefficient (Wildman–Crippen LogP) is 3.60. The van der Waals surface area contributed by atoms with Gasteiger partial charge in [0.15, 0.2) is 0 Å². The van der Waals surface area contributed by atoms with Crippen molar-refractivity contribution in [1.29, 1.82) is 0 Å². The van der Waals surface area contributed by atoms with Crippen molar-refractivity contribution in [2.45, 2.75) is 31.2 Å². The molecule has 3 N–H and O–H groups in total. The maximum absolute atomic E-state index is 12.5. The minimum absolute atomic E-state index is 0.159. The van der Waals surface area contributed by atoms with Gasteiger partial charge in [-0.3, -0.25) is 4.79 Å². The Kier molecular flexibility index (Phi) is 3.78. The molecule has 2 aromatic rings. The van der Waals surface area contributed by atoms with Crippen LogP contribution in [0.1, 0.15) is 36.2 Å². The van der Waals surface area contributed by atoms with Crippen LogP contribution in [-0.4, -0.2) is 27.5 Å². The fourth-order valence-electron chi connectivity index (χ4n) is 2.94. The summed E-state index contributed by atoms with van der Waals surface area (Å²) in [6, 6.07) is 5.08. The van der Waals surface area contributed by atoms with Gasteiger partial charge in [0.1, 0.15) is 11.2 Å². The van der Waals surface area contributed by atoms with Crippen LogP contribution >= 0.6 is 23.2 Å². The summed E-state index contributed by atoms with van der Waals surface area (Å²) in [7, 11) is 0. The Morgan fingerprint density at radius 1 is 1.23 bits per heavy atom. The highest BCUT2D eigenvalue weighted by molar-refractivity contribution is 6.39. The minimum atomic E-state index is -1.20. The maximum Gasteiger partial charge on any atom is 0.329 e. The zero-order chi connectivity index (χ0) is 15.9. The van der Waals surface area contributed by atoms with Crippen LogP contribution in [0.2, 0.25) is 10.0 Å². The maximum atomic E-state index is 12.5. The van der Waals surface area contributed by atoms with Crippen LogP contribution < -0.4 is 5.32 Å². The molecule has 1 saturated carbocycles. The molecule has 7 heteroatoms. The van der Waals surface area contributed by atoms with Gasteiger partial charge in [0, 0.05) is 15.9 Å². The molecular formula is C15H14Cl2N2O3. The number of carboxylic acids is 1. The van der Waals surface area contributed by atoms with Crippen molar-refractivity contribution in [3.05, 3.63) is 33.9 Å². The largest absolute Gasteiger partial charge is 0.480 e. The Balaban J connectivity index is 1.95. The van der Waals surface area contributed by atoms with Gasteiger partial charge in [-0.2, -0.15) is 0 Å². The summed E-state index contributed by atoms with van der Waals surface area (Å²) < 4.78 is 0. The van der Waals surface area contributed by atoms with Gasteiger partial charge in [-0.25, -0.2) is 4.79 Å². The zero-order valence-corrected chi connectivity index (χ0v) is 13.1. The molecule has 1 aromatic heterocycles. The van der Waals surface area contributed by atoms with Crippen LogP contribution in [0, 0.1) is 0 Å². The number of rotatable bonds is 3. The molecule has 22 heavy (non-hydrogen) atoms. The Bertz CT molecular complexity index is 763. The van der Waals surface area contributed by atoms with E-state index in [1.807, 2.05) is 0 Å². The summed E-state index contributed by atoms with van der Waals surface area (Å²) >= 11 is 12.2. The number of amides is 1. The molecule has 0 aliphatic heterocycles. The molecule has 1 aliphatic carbocycles. The van der Waals surface area contributed by atoms with Crippen LogP contribution in [0.25, 0.3) is 10.9 Å². The number of aliphatic carboxylic acids is 1. The van der Waals surface area contributed by atoms with Gasteiger partial charge in [-0.05, 0) is 31.0 Å². The van der Waals surface area contributed by atoms with Crippen LogP contribution in [0.5, 0.6) is 0 Å². The van der Waals surface area contributed by atoms with Gasteiger partial charge in [0.25, 0.3) is 5.91 Å². The number of fused-ring (bicyclic) bond motifs is 1. The third kappa shape index (κ3) is 2.44. The molecule has 1 aromatic carbocycles. The lowest BCUT2D eigenvalue weighted by Gasteiger charge is -2.25. The normalized spacial score (nSPS) is 16.8. The first-order valence-corrected chi connectivity index (χ1v) is 7.71. The zero-order valence-electron chi connectivity index (χ0n) is 11.6. The summed E-state index contributed by atoms with van der Waals surface area (Å²) in [5.41, 5.74) is -0.364. The van der Waals surface area contributed by atoms with Crippen molar-refractivity contribution >= 4 is 46.0 Å². The van der Waals surface area contributed by atoms with E-state index >= 15 is 0 Å². The number of aromatic nitrogens is 1. The van der Waals surface area contributed by atoms with Gasteiger partial charge in [-0.1, -0.05) is 36.0 Å². The lowest BCUT2D eigenvalue weighted by atomic mass is 9.97. The molecule has 0 unspecified atom stereocenters. The smallest absolute Gasteiger partial charge is 0.329 e. The van der Waals surface area contributed by atoms with Gasteiger partial charge in [0.2, 0.25) is 0 Å². The fraction of sp³-hybridized carbons (Fsp3) is 0.333. The second-order valence-corrected chi connectivity index (χ2v) is 6.37. The Morgan fingerprint density at radius 3 is 2.55 bits per heavy atom. The van der Waals surface area contributed by atoms with Gasteiger partial charge in [0.05, 0.1) is 5.02 Å². The van der Waals surface area contributed by atoms with Gasteiger partial charge < -0.3 is 15.4 Å². The molecule has 1 amide bonds. The number of hydrogen-bond acceptors (Lipinski definition) is 2. The Hall–Kier alpha value is -1.72. The molecular weight excluding hydrogens is 327 g/mol. The van der Waals surface area contributed by atoms with E-state index in [1.165, 1.54) is 0 Å². The van der Waals surface area contributed by atoms with E-state index in [0.29, 0.717) is 28.8 Å². The minimum Gasteiger partial charge on any atom is -0.480 e. The fourth-order valence-corrected chi connectivity index (χ4v) is 3.40. The topological polar surface area (TPSA) is 82.2 Å². The van der Waals surface area contributed by atoms with Crippen LogP contribution in [0.3, 0.4) is 0 Å². The number of aromatic amines is 1. The Morgan fingerprint density at radius 2 is 1.91 bits per heavy atom. The van der Waals surface area contributed by atoms with E-state index in [0.717, 1.165) is 12.8 Å². The highest BCUT2D eigenvalue weighted by Crippen LogP contribution is 2.33. The van der Waals surface area contributed by atoms with E-state index in [1.54, 1.807) is 18.2 Å². The van der Waals surface area contributed by atoms with E-state index in [2.05, 4.69) is 10.3 Å². The first kappa shape index (κ1) is 15.2. The van der Waals surface area contributed by atoms with Crippen LogP contribution in [0.15, 0.2) is 18.2 Å². The molecule has 5 nitrogen and oxygen atoms in total. The molecule has 1 aliphatic rings. The van der Waals surface area contributed by atoms with E-state index < -0.39 is 17.4 Å². The van der Waals surface area contributed by atoms with Crippen molar-refractivity contribution in [1.82, 2.24) is 10.3 Å². The summed E-state index contributed by atoms with van der Waals surface area (Å²) in [6.07, 6.45) is 2.42. The number of halogens is 2. The number of nitrogens with one attached hydrogen (secondary N) is 2. The van der Waals surface area contributed by atoms with Crippen LogP contribution in [0.4, 0.5) is 0 Å². The molecule has 0 radical (unpaired) electrons. The summed E-state index contributed by atoms with van der Waals surface area (Å²) in [4.78, 5) is 26.9.